The predicted molar refractivity (Wildman–Crippen MR) is 116 cm³/mol. The number of carbonyl (C=O) groups is 2. The van der Waals surface area contributed by atoms with E-state index in [4.69, 9.17) is 49.0 Å². The van der Waals surface area contributed by atoms with Gasteiger partial charge in [0.25, 0.3) is 9.70 Å². The van der Waals surface area contributed by atoms with Crippen molar-refractivity contribution in [3.05, 3.63) is 40.8 Å². The van der Waals surface area contributed by atoms with Crippen molar-refractivity contribution in [1.29, 1.82) is 0 Å². The average molecular weight is 515 g/mol. The number of imide groups is 1. The molecule has 1 aliphatic rings. The van der Waals surface area contributed by atoms with Gasteiger partial charge in [-0.25, -0.2) is 13.2 Å². The quantitative estimate of drug-likeness (QED) is 0.435. The van der Waals surface area contributed by atoms with Crippen LogP contribution in [0.1, 0.15) is 25.8 Å². The first-order valence-corrected chi connectivity index (χ1v) is 11.9. The molecule has 1 aromatic carbocycles. The molecule has 0 aliphatic heterocycles. The lowest BCUT2D eigenvalue weighted by Crippen LogP contribution is -2.49. The van der Waals surface area contributed by atoms with Gasteiger partial charge in [-0.1, -0.05) is 52.5 Å². The van der Waals surface area contributed by atoms with E-state index in [1.807, 2.05) is 6.92 Å². The van der Waals surface area contributed by atoms with E-state index in [9.17, 15) is 18.0 Å². The van der Waals surface area contributed by atoms with Gasteiger partial charge in [0.05, 0.1) is 9.80 Å². The Morgan fingerprint density at radius 1 is 1.13 bits per heavy atom. The van der Waals surface area contributed by atoms with Gasteiger partial charge in [-0.2, -0.15) is 0 Å². The SMILES string of the molecule is CCOC1(OCC)CC(S(=O)(=O)c2ccc(C)cc2)=C[C@@H]1OC(=O)NC(=O)C(Cl)(Cl)Cl. The molecule has 8 nitrogen and oxygen atoms in total. The van der Waals surface area contributed by atoms with Gasteiger partial charge < -0.3 is 14.2 Å². The highest BCUT2D eigenvalue weighted by Crippen LogP contribution is 2.40. The zero-order valence-electron chi connectivity index (χ0n) is 17.0. The molecule has 1 atom stereocenters. The average Bonchev–Trinajstić information content (AvgIpc) is 3.00. The second-order valence-corrected chi connectivity index (χ2v) is 10.9. The molecule has 0 unspecified atom stereocenters. The summed E-state index contributed by atoms with van der Waals surface area (Å²) in [6.45, 7) is 5.47. The van der Waals surface area contributed by atoms with E-state index >= 15 is 0 Å². The molecule has 2 amide bonds. The number of ether oxygens (including phenoxy) is 3. The van der Waals surface area contributed by atoms with Crippen LogP contribution in [0.25, 0.3) is 0 Å². The molecule has 0 bridgehead atoms. The molecule has 12 heteroatoms. The number of alkyl carbamates (subject to hydrolysis) is 1. The highest BCUT2D eigenvalue weighted by Gasteiger charge is 2.51. The zero-order valence-corrected chi connectivity index (χ0v) is 20.1. The molecule has 2 rings (SSSR count). The number of hydrogen-bond acceptors (Lipinski definition) is 7. The minimum atomic E-state index is -3.92. The molecule has 0 spiro atoms. The summed E-state index contributed by atoms with van der Waals surface area (Å²) in [5, 5.41) is 1.77. The standard InChI is InChI=1S/C19H22Cl3NO7S/c1-4-28-18(29-5-2)11-14(31(26,27)13-8-6-12(3)7-9-13)10-15(18)30-17(25)23-16(24)19(20,21)22/h6-10,15H,4-5,11H2,1-3H3,(H,23,24,25)/t15-/m0/s1. The number of aryl methyl sites for hydroxylation is 1. The number of rotatable bonds is 7. The Balaban J connectivity index is 2.38. The van der Waals surface area contributed by atoms with Crippen LogP contribution in [0, 0.1) is 6.92 Å². The van der Waals surface area contributed by atoms with Crippen LogP contribution in [-0.4, -0.2) is 49.3 Å². The van der Waals surface area contributed by atoms with Gasteiger partial charge in [0.15, 0.2) is 6.10 Å². The van der Waals surface area contributed by atoms with Crippen LogP contribution in [0.15, 0.2) is 40.1 Å². The fourth-order valence-electron chi connectivity index (χ4n) is 2.98. The lowest BCUT2D eigenvalue weighted by molar-refractivity contribution is -0.261. The molecule has 1 aromatic rings. The smallest absolute Gasteiger partial charge is 0.414 e. The molecule has 0 heterocycles. The van der Waals surface area contributed by atoms with E-state index in [1.54, 1.807) is 31.3 Å². The van der Waals surface area contributed by atoms with Crippen LogP contribution in [0.5, 0.6) is 0 Å². The van der Waals surface area contributed by atoms with Crippen LogP contribution in [0.4, 0.5) is 4.79 Å². The molecular formula is C19H22Cl3NO7S. The van der Waals surface area contributed by atoms with Crippen LogP contribution in [0.3, 0.4) is 0 Å². The van der Waals surface area contributed by atoms with Crippen molar-refractivity contribution >= 4 is 56.6 Å². The van der Waals surface area contributed by atoms with E-state index in [0.29, 0.717) is 0 Å². The Bertz CT molecular complexity index is 950. The van der Waals surface area contributed by atoms with Crippen molar-refractivity contribution in [2.75, 3.05) is 13.2 Å². The second kappa shape index (κ2) is 10.1. The summed E-state index contributed by atoms with van der Waals surface area (Å²) < 4.78 is 40.5. The van der Waals surface area contributed by atoms with Crippen LogP contribution in [0.2, 0.25) is 0 Å². The number of amides is 2. The lowest BCUT2D eigenvalue weighted by atomic mass is 10.2. The van der Waals surface area contributed by atoms with Crippen molar-refractivity contribution in [3.8, 4) is 0 Å². The maximum Gasteiger partial charge on any atom is 0.414 e. The van der Waals surface area contributed by atoms with Crippen molar-refractivity contribution < 1.29 is 32.2 Å². The molecule has 0 saturated heterocycles. The summed E-state index contributed by atoms with van der Waals surface area (Å²) in [4.78, 5) is 23.9. The second-order valence-electron chi connectivity index (χ2n) is 6.58. The van der Waals surface area contributed by atoms with E-state index < -0.39 is 37.5 Å². The number of benzene rings is 1. The van der Waals surface area contributed by atoms with Crippen molar-refractivity contribution in [3.63, 3.8) is 0 Å². The first-order chi connectivity index (χ1) is 14.4. The Labute approximate surface area is 195 Å². The van der Waals surface area contributed by atoms with Gasteiger partial charge in [0.2, 0.25) is 15.6 Å². The Kier molecular flexibility index (Phi) is 8.40. The van der Waals surface area contributed by atoms with Gasteiger partial charge in [0.1, 0.15) is 0 Å². The van der Waals surface area contributed by atoms with Crippen molar-refractivity contribution in [2.24, 2.45) is 0 Å². The largest absolute Gasteiger partial charge is 0.436 e. The van der Waals surface area contributed by atoms with Gasteiger partial charge >= 0.3 is 6.09 Å². The van der Waals surface area contributed by atoms with E-state index in [-0.39, 0.29) is 29.4 Å². The van der Waals surface area contributed by atoms with E-state index in [0.717, 1.165) is 5.56 Å². The highest BCUT2D eigenvalue weighted by molar-refractivity contribution is 7.95. The molecule has 31 heavy (non-hydrogen) atoms. The van der Waals surface area contributed by atoms with Crippen molar-refractivity contribution in [1.82, 2.24) is 5.32 Å². The molecule has 0 fully saturated rings. The summed E-state index contributed by atoms with van der Waals surface area (Å²) in [6.07, 6.45) is -1.53. The maximum absolute atomic E-state index is 13.1. The third-order valence-electron chi connectivity index (χ3n) is 4.35. The summed E-state index contributed by atoms with van der Waals surface area (Å²) in [6, 6.07) is 6.30. The number of alkyl halides is 3. The third-order valence-corrected chi connectivity index (χ3v) is 6.73. The minimum absolute atomic E-state index is 0.0521. The molecule has 1 N–H and O–H groups in total. The fourth-order valence-corrected chi connectivity index (χ4v) is 4.61. The normalized spacial score (nSPS) is 18.4. The molecular weight excluding hydrogens is 493 g/mol. The predicted octanol–water partition coefficient (Wildman–Crippen LogP) is 3.82. The van der Waals surface area contributed by atoms with Crippen LogP contribution < -0.4 is 5.32 Å². The third kappa shape index (κ3) is 6.12. The summed E-state index contributed by atoms with van der Waals surface area (Å²) in [5.74, 6) is -2.83. The summed E-state index contributed by atoms with van der Waals surface area (Å²) in [5.41, 5.74) is 0.897. The van der Waals surface area contributed by atoms with Gasteiger partial charge in [-0.3, -0.25) is 10.1 Å². The van der Waals surface area contributed by atoms with Gasteiger partial charge in [-0.05, 0) is 39.0 Å². The summed E-state index contributed by atoms with van der Waals surface area (Å²) >= 11 is 16.3. The first-order valence-electron chi connectivity index (χ1n) is 9.25. The lowest BCUT2D eigenvalue weighted by Gasteiger charge is -2.34. The monoisotopic (exact) mass is 513 g/mol. The molecule has 1 aliphatic carbocycles. The Morgan fingerprint density at radius 2 is 1.68 bits per heavy atom. The zero-order chi connectivity index (χ0) is 23.4. The van der Waals surface area contributed by atoms with Crippen LogP contribution in [-0.2, 0) is 28.8 Å². The molecule has 0 radical (unpaired) electrons. The van der Waals surface area contributed by atoms with E-state index in [2.05, 4.69) is 0 Å². The number of sulfone groups is 1. The van der Waals surface area contributed by atoms with Crippen LogP contribution >= 0.6 is 34.8 Å². The molecule has 0 saturated carbocycles. The number of hydrogen-bond donors (Lipinski definition) is 1. The summed E-state index contributed by atoms with van der Waals surface area (Å²) in [7, 11) is -3.92. The molecule has 0 aromatic heterocycles. The fraction of sp³-hybridized carbons (Fsp3) is 0.474. The number of nitrogens with one attached hydrogen (secondary N) is 1. The Morgan fingerprint density at radius 3 is 2.16 bits per heavy atom. The van der Waals surface area contributed by atoms with Gasteiger partial charge in [-0.15, -0.1) is 0 Å². The maximum atomic E-state index is 13.1. The topological polar surface area (TPSA) is 108 Å². The minimum Gasteiger partial charge on any atom is -0.436 e. The highest BCUT2D eigenvalue weighted by atomic mass is 35.6. The number of halogens is 3. The number of carbonyl (C=O) groups excluding carboxylic acids is 2. The van der Waals surface area contributed by atoms with Gasteiger partial charge in [0, 0.05) is 19.6 Å². The molecule has 172 valence electrons. The Hall–Kier alpha value is -1.36. The van der Waals surface area contributed by atoms with E-state index in [1.165, 1.54) is 18.2 Å². The van der Waals surface area contributed by atoms with Crippen molar-refractivity contribution in [2.45, 2.75) is 47.8 Å². The first kappa shape index (κ1) is 25.9.